The molecule has 0 saturated carbocycles. The van der Waals surface area contributed by atoms with Gasteiger partial charge in [0, 0.05) is 31.9 Å². The minimum Gasteiger partial charge on any atom is -0.497 e. The molecule has 0 aromatic heterocycles. The molecule has 0 spiro atoms. The van der Waals surface area contributed by atoms with Crippen LogP contribution in [0.3, 0.4) is 0 Å². The molecular weight excluding hydrogens is 530 g/mol. The SMILES string of the molecule is COc1ccc(C(=O)Oc2ccc(/C=C3/SC(=O)N(CC(=O)N4CCN(c5ccccc5)CC4)C3=O)cc2)cc1. The van der Waals surface area contributed by atoms with Crippen molar-refractivity contribution in [2.24, 2.45) is 0 Å². The highest BCUT2D eigenvalue weighted by atomic mass is 32.2. The maximum atomic E-state index is 12.9. The van der Waals surface area contributed by atoms with Crippen molar-refractivity contribution in [3.8, 4) is 11.5 Å². The first-order valence-corrected chi connectivity index (χ1v) is 13.5. The first-order valence-electron chi connectivity index (χ1n) is 12.7. The number of esters is 1. The predicted octanol–water partition coefficient (Wildman–Crippen LogP) is 4.30. The molecule has 2 fully saturated rings. The van der Waals surface area contributed by atoms with E-state index in [-0.39, 0.29) is 17.4 Å². The van der Waals surface area contributed by atoms with Crippen LogP contribution in [0.5, 0.6) is 11.5 Å². The average molecular weight is 558 g/mol. The fourth-order valence-electron chi connectivity index (χ4n) is 4.40. The number of benzene rings is 3. The standard InChI is InChI=1S/C30H27N3O6S/c1-38-24-13-9-22(10-14-24)29(36)39-25-11-7-21(8-12-25)19-26-28(35)33(30(37)40-26)20-27(34)32-17-15-31(16-18-32)23-5-3-2-4-6-23/h2-14,19H,15-18,20H2,1H3/b26-19+. The average Bonchev–Trinajstić information content (AvgIpc) is 3.25. The van der Waals surface area contributed by atoms with Gasteiger partial charge in [0.05, 0.1) is 17.6 Å². The molecule has 2 saturated heterocycles. The van der Waals surface area contributed by atoms with Crippen LogP contribution in [-0.2, 0) is 9.59 Å². The number of carbonyl (C=O) groups excluding carboxylic acids is 4. The lowest BCUT2D eigenvalue weighted by atomic mass is 10.2. The minimum absolute atomic E-state index is 0.231. The highest BCUT2D eigenvalue weighted by Crippen LogP contribution is 2.32. The summed E-state index contributed by atoms with van der Waals surface area (Å²) in [6, 6.07) is 23.1. The summed E-state index contributed by atoms with van der Waals surface area (Å²) in [5, 5.41) is -0.474. The molecule has 2 aliphatic heterocycles. The zero-order chi connectivity index (χ0) is 28.1. The smallest absolute Gasteiger partial charge is 0.343 e. The van der Waals surface area contributed by atoms with E-state index in [1.54, 1.807) is 66.6 Å². The summed E-state index contributed by atoms with van der Waals surface area (Å²) in [6.45, 7) is 2.13. The van der Waals surface area contributed by atoms with Gasteiger partial charge in [0.1, 0.15) is 18.0 Å². The molecule has 3 amide bonds. The van der Waals surface area contributed by atoms with Crippen molar-refractivity contribution in [2.75, 3.05) is 44.7 Å². The topological polar surface area (TPSA) is 96.5 Å². The van der Waals surface area contributed by atoms with Gasteiger partial charge in [-0.15, -0.1) is 0 Å². The van der Waals surface area contributed by atoms with Crippen molar-refractivity contribution in [1.82, 2.24) is 9.80 Å². The molecular formula is C30H27N3O6S. The Morgan fingerprint density at radius 2 is 1.50 bits per heavy atom. The molecule has 0 N–H and O–H groups in total. The highest BCUT2D eigenvalue weighted by molar-refractivity contribution is 8.18. The van der Waals surface area contributed by atoms with Gasteiger partial charge in [-0.05, 0) is 71.9 Å². The Morgan fingerprint density at radius 3 is 2.15 bits per heavy atom. The summed E-state index contributed by atoms with van der Waals surface area (Å²) in [4.78, 5) is 55.9. The van der Waals surface area contributed by atoms with Crippen LogP contribution in [0, 0.1) is 0 Å². The summed E-state index contributed by atoms with van der Waals surface area (Å²) >= 11 is 0.802. The summed E-state index contributed by atoms with van der Waals surface area (Å²) in [5.74, 6) is -0.288. The Labute approximate surface area is 235 Å². The number of amides is 3. The zero-order valence-electron chi connectivity index (χ0n) is 21.8. The molecule has 40 heavy (non-hydrogen) atoms. The van der Waals surface area contributed by atoms with Crippen LogP contribution >= 0.6 is 11.8 Å². The lowest BCUT2D eigenvalue weighted by molar-refractivity contribution is -0.136. The quantitative estimate of drug-likeness (QED) is 0.241. The van der Waals surface area contributed by atoms with E-state index in [1.165, 1.54) is 0 Å². The third-order valence-electron chi connectivity index (χ3n) is 6.63. The molecule has 3 aromatic rings. The molecule has 3 aromatic carbocycles. The Kier molecular flexibility index (Phi) is 8.16. The molecule has 9 nitrogen and oxygen atoms in total. The van der Waals surface area contributed by atoms with Gasteiger partial charge in [-0.3, -0.25) is 19.3 Å². The molecule has 0 radical (unpaired) electrons. The number of hydrogen-bond donors (Lipinski definition) is 0. The molecule has 2 heterocycles. The Morgan fingerprint density at radius 1 is 0.850 bits per heavy atom. The maximum Gasteiger partial charge on any atom is 0.343 e. The summed E-state index contributed by atoms with van der Waals surface area (Å²) < 4.78 is 10.5. The normalized spacial score (nSPS) is 16.4. The summed E-state index contributed by atoms with van der Waals surface area (Å²) in [6.07, 6.45) is 1.59. The number of rotatable bonds is 7. The first kappa shape index (κ1) is 27.0. The van der Waals surface area contributed by atoms with Gasteiger partial charge >= 0.3 is 5.97 Å². The van der Waals surface area contributed by atoms with Crippen molar-refractivity contribution in [3.63, 3.8) is 0 Å². The Hall–Kier alpha value is -4.57. The van der Waals surface area contributed by atoms with Gasteiger partial charge < -0.3 is 19.3 Å². The number of imide groups is 1. The van der Waals surface area contributed by atoms with Gasteiger partial charge in [0.15, 0.2) is 0 Å². The van der Waals surface area contributed by atoms with E-state index in [2.05, 4.69) is 4.90 Å². The van der Waals surface area contributed by atoms with E-state index in [0.717, 1.165) is 22.3 Å². The number of piperazine rings is 1. The first-order chi connectivity index (χ1) is 19.4. The largest absolute Gasteiger partial charge is 0.497 e. The second-order valence-electron chi connectivity index (χ2n) is 9.16. The molecule has 5 rings (SSSR count). The second-order valence-corrected chi connectivity index (χ2v) is 10.2. The molecule has 2 aliphatic rings. The number of nitrogens with zero attached hydrogens (tertiary/aromatic N) is 3. The van der Waals surface area contributed by atoms with Gasteiger partial charge in [-0.25, -0.2) is 4.79 Å². The minimum atomic E-state index is -0.511. The van der Waals surface area contributed by atoms with Gasteiger partial charge in [-0.2, -0.15) is 0 Å². The fraction of sp³-hybridized carbons (Fsp3) is 0.200. The van der Waals surface area contributed by atoms with Crippen LogP contribution in [0.1, 0.15) is 15.9 Å². The number of anilines is 1. The van der Waals surface area contributed by atoms with Crippen LogP contribution in [0.15, 0.2) is 83.8 Å². The second kappa shape index (κ2) is 12.1. The molecule has 0 aliphatic carbocycles. The zero-order valence-corrected chi connectivity index (χ0v) is 22.6. The Balaban J connectivity index is 1.15. The number of thioether (sulfide) groups is 1. The number of ether oxygens (including phenoxy) is 2. The van der Waals surface area contributed by atoms with Crippen molar-refractivity contribution in [1.29, 1.82) is 0 Å². The number of methoxy groups -OCH3 is 1. The van der Waals surface area contributed by atoms with Gasteiger partial charge in [0.2, 0.25) is 5.91 Å². The van der Waals surface area contributed by atoms with Crippen LogP contribution in [0.2, 0.25) is 0 Å². The summed E-state index contributed by atoms with van der Waals surface area (Å²) in [5.41, 5.74) is 2.14. The number of hydrogen-bond acceptors (Lipinski definition) is 8. The van der Waals surface area contributed by atoms with Crippen LogP contribution < -0.4 is 14.4 Å². The van der Waals surface area contributed by atoms with Gasteiger partial charge in [-0.1, -0.05) is 30.3 Å². The van der Waals surface area contributed by atoms with E-state index in [4.69, 9.17) is 9.47 Å². The maximum absolute atomic E-state index is 12.9. The lowest BCUT2D eigenvalue weighted by Gasteiger charge is -2.36. The van der Waals surface area contributed by atoms with E-state index in [9.17, 15) is 19.2 Å². The molecule has 0 atom stereocenters. The number of para-hydroxylation sites is 1. The van der Waals surface area contributed by atoms with Crippen molar-refractivity contribution >= 4 is 46.5 Å². The summed E-state index contributed by atoms with van der Waals surface area (Å²) in [7, 11) is 1.55. The van der Waals surface area contributed by atoms with E-state index < -0.39 is 17.1 Å². The van der Waals surface area contributed by atoms with Gasteiger partial charge in [0.25, 0.3) is 11.1 Å². The van der Waals surface area contributed by atoms with E-state index >= 15 is 0 Å². The monoisotopic (exact) mass is 557 g/mol. The van der Waals surface area contributed by atoms with E-state index in [1.807, 2.05) is 30.3 Å². The number of carbonyl (C=O) groups is 4. The van der Waals surface area contributed by atoms with Crippen LogP contribution in [-0.4, -0.2) is 72.7 Å². The highest BCUT2D eigenvalue weighted by Gasteiger charge is 2.37. The van der Waals surface area contributed by atoms with Crippen LogP contribution in [0.25, 0.3) is 6.08 Å². The van der Waals surface area contributed by atoms with E-state index in [0.29, 0.717) is 48.8 Å². The molecule has 0 bridgehead atoms. The third kappa shape index (κ3) is 6.18. The Bertz CT molecular complexity index is 1430. The van der Waals surface area contributed by atoms with Crippen molar-refractivity contribution < 1.29 is 28.7 Å². The molecule has 0 unspecified atom stereocenters. The lowest BCUT2D eigenvalue weighted by Crippen LogP contribution is -2.51. The molecule has 204 valence electrons. The fourth-order valence-corrected chi connectivity index (χ4v) is 5.24. The third-order valence-corrected chi connectivity index (χ3v) is 7.54. The van der Waals surface area contributed by atoms with Crippen molar-refractivity contribution in [3.05, 3.63) is 94.9 Å². The predicted molar refractivity (Wildman–Crippen MR) is 152 cm³/mol. The van der Waals surface area contributed by atoms with Crippen LogP contribution in [0.4, 0.5) is 10.5 Å². The van der Waals surface area contributed by atoms with Crippen molar-refractivity contribution in [2.45, 2.75) is 0 Å². The molecule has 10 heteroatoms.